The molecule has 3 aromatic heterocycles. The van der Waals surface area contributed by atoms with Gasteiger partial charge in [0.25, 0.3) is 0 Å². The number of anilines is 3. The second-order valence-electron chi connectivity index (χ2n) is 6.51. The molecule has 0 aliphatic carbocycles. The van der Waals surface area contributed by atoms with E-state index in [-0.39, 0.29) is 0 Å². The zero-order chi connectivity index (χ0) is 18.5. The van der Waals surface area contributed by atoms with Crippen LogP contribution in [0, 0.1) is 0 Å². The molecule has 0 radical (unpaired) electrons. The molecule has 7 heteroatoms. The third-order valence-corrected chi connectivity index (χ3v) is 4.64. The van der Waals surface area contributed by atoms with Crippen molar-refractivity contribution in [3.05, 3.63) is 53.1 Å². The predicted molar refractivity (Wildman–Crippen MR) is 112 cm³/mol. The zero-order valence-electron chi connectivity index (χ0n) is 14.3. The number of aromatic nitrogens is 4. The summed E-state index contributed by atoms with van der Waals surface area (Å²) in [5.41, 5.74) is 26.5. The number of nitrogens with two attached hydrogens (primary N) is 3. The second-order valence-corrected chi connectivity index (χ2v) is 6.51. The van der Waals surface area contributed by atoms with Crippen LogP contribution in [-0.2, 0) is 0 Å². The Bertz CT molecular complexity index is 1310. The lowest BCUT2D eigenvalue weighted by Crippen LogP contribution is -1.92. The van der Waals surface area contributed by atoms with Gasteiger partial charge in [-0.15, -0.1) is 0 Å². The van der Waals surface area contributed by atoms with Gasteiger partial charge >= 0.3 is 0 Å². The van der Waals surface area contributed by atoms with Gasteiger partial charge < -0.3 is 27.2 Å². The molecule has 0 saturated carbocycles. The number of fused-ring (bicyclic) bond motifs is 8. The van der Waals surface area contributed by atoms with Crippen molar-refractivity contribution in [1.82, 2.24) is 19.9 Å². The molecule has 0 amide bonds. The van der Waals surface area contributed by atoms with Gasteiger partial charge in [-0.2, -0.15) is 0 Å². The molecule has 27 heavy (non-hydrogen) atoms. The Morgan fingerprint density at radius 3 is 2.11 bits per heavy atom. The van der Waals surface area contributed by atoms with Crippen LogP contribution < -0.4 is 17.2 Å². The van der Waals surface area contributed by atoms with Gasteiger partial charge in [0, 0.05) is 5.52 Å². The van der Waals surface area contributed by atoms with E-state index in [4.69, 9.17) is 17.2 Å². The van der Waals surface area contributed by atoms with E-state index < -0.39 is 0 Å². The van der Waals surface area contributed by atoms with Crippen LogP contribution in [0.25, 0.3) is 46.4 Å². The number of nitrogens with one attached hydrogen (secondary N) is 2. The first-order valence-corrected chi connectivity index (χ1v) is 8.47. The van der Waals surface area contributed by atoms with Crippen molar-refractivity contribution in [2.45, 2.75) is 0 Å². The molecular weight excluding hydrogens is 338 g/mol. The first-order chi connectivity index (χ1) is 13.1. The Morgan fingerprint density at radius 1 is 0.630 bits per heavy atom. The Morgan fingerprint density at radius 2 is 1.33 bits per heavy atom. The van der Waals surface area contributed by atoms with Crippen LogP contribution in [0.2, 0.25) is 0 Å². The maximum absolute atomic E-state index is 6.31. The third kappa shape index (κ3) is 2.53. The molecular formula is C20H17N7. The van der Waals surface area contributed by atoms with Crippen LogP contribution in [-0.4, -0.2) is 19.9 Å². The normalized spacial score (nSPS) is 12.6. The molecule has 0 unspecified atom stereocenters. The summed E-state index contributed by atoms with van der Waals surface area (Å²) in [6.07, 6.45) is 7.58. The summed E-state index contributed by atoms with van der Waals surface area (Å²) in [5.74, 6) is 0. The van der Waals surface area contributed by atoms with E-state index in [1.165, 1.54) is 0 Å². The maximum atomic E-state index is 6.31. The molecule has 3 aromatic rings. The Kier molecular flexibility index (Phi) is 3.11. The minimum absolute atomic E-state index is 0.504. The van der Waals surface area contributed by atoms with Crippen LogP contribution in [0.15, 0.2) is 30.3 Å². The van der Waals surface area contributed by atoms with Gasteiger partial charge in [-0.3, -0.25) is 0 Å². The fraction of sp³-hybridized carbons (Fsp3) is 0. The van der Waals surface area contributed by atoms with E-state index in [1.807, 2.05) is 48.6 Å². The summed E-state index contributed by atoms with van der Waals surface area (Å²) in [7, 11) is 0. The first kappa shape index (κ1) is 15.3. The molecule has 5 rings (SSSR count). The van der Waals surface area contributed by atoms with E-state index in [0.717, 1.165) is 27.9 Å². The predicted octanol–water partition coefficient (Wildman–Crippen LogP) is 3.40. The molecule has 8 N–H and O–H groups in total. The number of hydrogen-bond donors (Lipinski definition) is 5. The van der Waals surface area contributed by atoms with Crippen molar-refractivity contribution in [2.24, 2.45) is 0 Å². The molecule has 7 nitrogen and oxygen atoms in total. The van der Waals surface area contributed by atoms with E-state index in [1.54, 1.807) is 6.07 Å². The van der Waals surface area contributed by atoms with Crippen LogP contribution >= 0.6 is 0 Å². The highest BCUT2D eigenvalue weighted by molar-refractivity contribution is 5.92. The largest absolute Gasteiger partial charge is 0.397 e. The Labute approximate surface area is 154 Å². The Balaban J connectivity index is 1.93. The fourth-order valence-electron chi connectivity index (χ4n) is 3.20. The maximum Gasteiger partial charge on any atom is 0.0889 e. The number of aromatic amines is 2. The number of nitrogen functional groups attached to an aromatic ring is 3. The van der Waals surface area contributed by atoms with Gasteiger partial charge in [-0.1, -0.05) is 0 Å². The molecule has 5 heterocycles. The van der Waals surface area contributed by atoms with E-state index >= 15 is 0 Å². The van der Waals surface area contributed by atoms with Crippen molar-refractivity contribution in [2.75, 3.05) is 17.2 Å². The molecule has 0 fully saturated rings. The van der Waals surface area contributed by atoms with Crippen molar-refractivity contribution in [3.63, 3.8) is 0 Å². The van der Waals surface area contributed by atoms with Gasteiger partial charge in [0.2, 0.25) is 0 Å². The SMILES string of the molecule is Nc1cc2[nH]c1cc1nc(cc3ccc([nH]3)c(N)c3nc(c2N)C=C3)C=C1. The molecule has 2 aliphatic heterocycles. The molecule has 0 atom stereocenters. The number of hydrogen-bond acceptors (Lipinski definition) is 5. The monoisotopic (exact) mass is 355 g/mol. The second kappa shape index (κ2) is 5.50. The minimum atomic E-state index is 0.504. The first-order valence-electron chi connectivity index (χ1n) is 8.47. The fourth-order valence-corrected chi connectivity index (χ4v) is 3.20. The van der Waals surface area contributed by atoms with Crippen molar-refractivity contribution < 1.29 is 0 Å². The van der Waals surface area contributed by atoms with Gasteiger partial charge in [-0.05, 0) is 54.6 Å². The smallest absolute Gasteiger partial charge is 0.0889 e. The lowest BCUT2D eigenvalue weighted by Gasteiger charge is -1.95. The zero-order valence-corrected chi connectivity index (χ0v) is 14.3. The number of H-pyrrole nitrogens is 2. The van der Waals surface area contributed by atoms with Crippen molar-refractivity contribution in [3.8, 4) is 0 Å². The summed E-state index contributed by atoms with van der Waals surface area (Å²) in [6.45, 7) is 0. The van der Waals surface area contributed by atoms with Crippen LogP contribution in [0.1, 0.15) is 22.8 Å². The average Bonchev–Trinajstić information content (AvgIpc) is 3.42. The summed E-state index contributed by atoms with van der Waals surface area (Å²) in [6, 6.07) is 9.53. The molecule has 0 spiro atoms. The average molecular weight is 355 g/mol. The van der Waals surface area contributed by atoms with Gasteiger partial charge in [0.1, 0.15) is 0 Å². The summed E-state index contributed by atoms with van der Waals surface area (Å²) in [4.78, 5) is 15.7. The van der Waals surface area contributed by atoms with Gasteiger partial charge in [-0.25, -0.2) is 9.97 Å². The van der Waals surface area contributed by atoms with Crippen LogP contribution in [0.4, 0.5) is 17.1 Å². The minimum Gasteiger partial charge on any atom is -0.397 e. The number of nitrogens with zero attached hydrogens (tertiary/aromatic N) is 2. The van der Waals surface area contributed by atoms with Crippen LogP contribution in [0.3, 0.4) is 0 Å². The molecule has 0 saturated heterocycles. The Hall–Kier alpha value is -4.00. The summed E-state index contributed by atoms with van der Waals surface area (Å²) >= 11 is 0. The highest BCUT2D eigenvalue weighted by Crippen LogP contribution is 2.27. The lowest BCUT2D eigenvalue weighted by molar-refractivity contribution is 1.31. The number of rotatable bonds is 0. The molecule has 132 valence electrons. The van der Waals surface area contributed by atoms with E-state index in [9.17, 15) is 0 Å². The topological polar surface area (TPSA) is 135 Å². The highest BCUT2D eigenvalue weighted by Gasteiger charge is 2.09. The third-order valence-electron chi connectivity index (χ3n) is 4.64. The van der Waals surface area contributed by atoms with E-state index in [0.29, 0.717) is 34.0 Å². The van der Waals surface area contributed by atoms with Gasteiger partial charge in [0.05, 0.1) is 56.4 Å². The molecule has 2 aliphatic rings. The van der Waals surface area contributed by atoms with Crippen LogP contribution in [0.5, 0.6) is 0 Å². The summed E-state index contributed by atoms with van der Waals surface area (Å²) < 4.78 is 0. The van der Waals surface area contributed by atoms with Gasteiger partial charge in [0.15, 0.2) is 0 Å². The highest BCUT2D eigenvalue weighted by atomic mass is 14.8. The molecule has 0 aromatic carbocycles. The quantitative estimate of drug-likeness (QED) is 0.290. The van der Waals surface area contributed by atoms with E-state index in [2.05, 4.69) is 19.9 Å². The lowest BCUT2D eigenvalue weighted by atomic mass is 10.3. The van der Waals surface area contributed by atoms with Crippen molar-refractivity contribution >= 4 is 63.4 Å². The van der Waals surface area contributed by atoms with Crippen molar-refractivity contribution in [1.29, 1.82) is 0 Å². The molecule has 8 bridgehead atoms. The standard InChI is InChI=1S/C20H17N7/c21-13-9-18-20(23)16-6-5-15(26-16)19(22)14-4-3-11(25-14)7-10-1-2-12(24-10)8-17(13)27-18/h1-9,25,27H,21-23H2. The summed E-state index contributed by atoms with van der Waals surface area (Å²) in [5, 5.41) is 0.